The molecule has 21 heavy (non-hydrogen) atoms. The van der Waals surface area contributed by atoms with Gasteiger partial charge in [0, 0.05) is 0 Å². The maximum atomic E-state index is 9.15. The Kier molecular flexibility index (Phi) is 3.35. The number of fused-ring (bicyclic) bond motifs is 1. The monoisotopic (exact) mass is 274 g/mol. The van der Waals surface area contributed by atoms with Crippen molar-refractivity contribution in [1.82, 2.24) is 0 Å². The van der Waals surface area contributed by atoms with Gasteiger partial charge < -0.3 is 9.39 Å². The summed E-state index contributed by atoms with van der Waals surface area (Å²) in [6.07, 6.45) is 0. The van der Waals surface area contributed by atoms with Crippen LogP contribution in [0.2, 0.25) is 6.82 Å². The van der Waals surface area contributed by atoms with Crippen molar-refractivity contribution in [2.45, 2.75) is 13.4 Å². The molecule has 0 aromatic heterocycles. The molecular weight excluding hydrogens is 263 g/mol. The second-order valence-corrected chi connectivity index (χ2v) is 4.82. The van der Waals surface area contributed by atoms with Gasteiger partial charge in [-0.25, -0.2) is 4.85 Å². The second kappa shape index (κ2) is 5.32. The van der Waals surface area contributed by atoms with Gasteiger partial charge in [-0.1, -0.05) is 19.0 Å². The summed E-state index contributed by atoms with van der Waals surface area (Å²) in [6.45, 7) is 9.68. The fourth-order valence-corrected chi connectivity index (χ4v) is 2.36. The first-order valence-electron chi connectivity index (χ1n) is 6.55. The summed E-state index contributed by atoms with van der Waals surface area (Å²) in [5.41, 5.74) is 3.06. The molecule has 0 saturated heterocycles. The van der Waals surface area contributed by atoms with Gasteiger partial charge in [-0.05, 0) is 35.3 Å². The smallest absolute Gasteiger partial charge is 0.324 e. The minimum Gasteiger partial charge on any atom is -0.456 e. The van der Waals surface area contributed by atoms with E-state index in [1.165, 1.54) is 11.5 Å². The van der Waals surface area contributed by atoms with E-state index < -0.39 is 0 Å². The zero-order valence-corrected chi connectivity index (χ0v) is 11.5. The summed E-state index contributed by atoms with van der Waals surface area (Å²) in [5.74, 6) is 1.12. The van der Waals surface area contributed by atoms with Crippen molar-refractivity contribution in [3.8, 4) is 17.6 Å². The van der Waals surface area contributed by atoms with E-state index in [2.05, 4.69) is 10.9 Å². The predicted molar refractivity (Wildman–Crippen MR) is 80.0 cm³/mol. The lowest BCUT2D eigenvalue weighted by Gasteiger charge is -2.09. The molecule has 3 rings (SSSR count). The van der Waals surface area contributed by atoms with Crippen LogP contribution in [0, 0.1) is 17.9 Å². The Bertz CT molecular complexity index is 790. The lowest BCUT2D eigenvalue weighted by molar-refractivity contribution is 0.333. The molecule has 0 spiro atoms. The van der Waals surface area contributed by atoms with Gasteiger partial charge in [0.1, 0.15) is 17.6 Å². The molecule has 0 atom stereocenters. The number of benzene rings is 2. The van der Waals surface area contributed by atoms with Crippen LogP contribution in [0.1, 0.15) is 11.1 Å². The van der Waals surface area contributed by atoms with Gasteiger partial charge in [-0.15, -0.1) is 0 Å². The van der Waals surface area contributed by atoms with Gasteiger partial charge in [0.15, 0.2) is 5.69 Å². The largest absolute Gasteiger partial charge is 0.456 e. The molecule has 0 saturated carbocycles. The molecular formula is C16H11BN2O2. The van der Waals surface area contributed by atoms with Crippen molar-refractivity contribution in [1.29, 1.82) is 5.26 Å². The third-order valence-electron chi connectivity index (χ3n) is 3.48. The number of hydrogen-bond donors (Lipinski definition) is 0. The summed E-state index contributed by atoms with van der Waals surface area (Å²) < 4.78 is 11.3. The van der Waals surface area contributed by atoms with Crippen LogP contribution in [0.4, 0.5) is 5.69 Å². The van der Waals surface area contributed by atoms with Crippen molar-refractivity contribution in [2.24, 2.45) is 0 Å². The van der Waals surface area contributed by atoms with Crippen LogP contribution >= 0.6 is 0 Å². The molecule has 1 heterocycles. The number of rotatable bonds is 2. The second-order valence-electron chi connectivity index (χ2n) is 4.82. The first kappa shape index (κ1) is 13.2. The summed E-state index contributed by atoms with van der Waals surface area (Å²) in [5, 5.41) is 9.15. The van der Waals surface area contributed by atoms with Gasteiger partial charge in [-0.3, -0.25) is 0 Å². The lowest BCUT2D eigenvalue weighted by atomic mass is 9.64. The summed E-state index contributed by atoms with van der Waals surface area (Å²) in [6, 6.07) is 12.7. The Labute approximate surface area is 123 Å². The highest BCUT2D eigenvalue weighted by atomic mass is 16.5. The average Bonchev–Trinajstić information content (AvgIpc) is 2.88. The number of nitrogens with zero attached hydrogens (tertiary/aromatic N) is 2. The Morgan fingerprint density at radius 1 is 1.33 bits per heavy atom. The van der Waals surface area contributed by atoms with Crippen LogP contribution in [-0.4, -0.2) is 6.92 Å². The molecule has 0 aliphatic carbocycles. The molecule has 5 heteroatoms. The summed E-state index contributed by atoms with van der Waals surface area (Å²) in [7, 11) is 0. The Hall–Kier alpha value is -2.76. The van der Waals surface area contributed by atoms with E-state index >= 15 is 0 Å². The number of nitriles is 1. The van der Waals surface area contributed by atoms with Gasteiger partial charge in [0.05, 0.1) is 18.7 Å². The van der Waals surface area contributed by atoms with Crippen LogP contribution in [0.15, 0.2) is 36.4 Å². The zero-order valence-electron chi connectivity index (χ0n) is 11.5. The van der Waals surface area contributed by atoms with Crippen molar-refractivity contribution in [2.75, 3.05) is 0 Å². The molecule has 100 valence electrons. The molecule has 0 radical (unpaired) electrons. The van der Waals surface area contributed by atoms with Crippen LogP contribution < -0.4 is 10.2 Å². The maximum Gasteiger partial charge on any atom is 0.324 e. The Morgan fingerprint density at radius 2 is 2.19 bits per heavy atom. The van der Waals surface area contributed by atoms with E-state index in [0.717, 1.165) is 5.56 Å². The first-order chi connectivity index (χ1) is 10.2. The van der Waals surface area contributed by atoms with Gasteiger partial charge in [0.25, 0.3) is 0 Å². The fourth-order valence-electron chi connectivity index (χ4n) is 2.36. The van der Waals surface area contributed by atoms with E-state index in [4.69, 9.17) is 21.2 Å². The average molecular weight is 274 g/mol. The quantitative estimate of drug-likeness (QED) is 0.623. The molecule has 1 aliphatic rings. The first-order valence-corrected chi connectivity index (χ1v) is 6.55. The Balaban J connectivity index is 1.91. The highest BCUT2D eigenvalue weighted by molar-refractivity contribution is 6.67. The van der Waals surface area contributed by atoms with Gasteiger partial charge in [0.2, 0.25) is 0 Å². The fraction of sp³-hybridized carbons (Fsp3) is 0.125. The number of hydrogen-bond acceptors (Lipinski definition) is 3. The molecule has 0 N–H and O–H groups in total. The molecule has 0 amide bonds. The van der Waals surface area contributed by atoms with Crippen molar-refractivity contribution >= 4 is 18.1 Å². The maximum absolute atomic E-state index is 9.15. The topological polar surface area (TPSA) is 46.6 Å². The van der Waals surface area contributed by atoms with E-state index in [-0.39, 0.29) is 6.92 Å². The third kappa shape index (κ3) is 2.47. The van der Waals surface area contributed by atoms with Crippen molar-refractivity contribution in [3.05, 3.63) is 58.9 Å². The molecule has 0 fully saturated rings. The summed E-state index contributed by atoms with van der Waals surface area (Å²) >= 11 is 0. The lowest BCUT2D eigenvalue weighted by Crippen LogP contribution is -2.23. The van der Waals surface area contributed by atoms with E-state index in [9.17, 15) is 0 Å². The predicted octanol–water partition coefficient (Wildman–Crippen LogP) is 3.26. The van der Waals surface area contributed by atoms with E-state index in [1.54, 1.807) is 12.1 Å². The standard InChI is InChI=1S/C16H11BN2O2/c1-17-15-5-4-14(8-12(15)10-20-17)21-16-6-3-13(19-2)7-11(16)9-18/h3-8H,10H2,1H3. The number of ether oxygens (including phenoxy) is 1. The molecule has 1 aliphatic heterocycles. The van der Waals surface area contributed by atoms with Crippen LogP contribution in [0.25, 0.3) is 4.85 Å². The van der Waals surface area contributed by atoms with Crippen molar-refractivity contribution < 1.29 is 9.39 Å². The summed E-state index contributed by atoms with van der Waals surface area (Å²) in [4.78, 5) is 3.31. The van der Waals surface area contributed by atoms with Gasteiger partial charge in [-0.2, -0.15) is 5.26 Å². The van der Waals surface area contributed by atoms with Crippen LogP contribution in [0.5, 0.6) is 11.5 Å². The molecule has 0 unspecified atom stereocenters. The normalized spacial score (nSPS) is 12.4. The molecule has 2 aromatic rings. The zero-order chi connectivity index (χ0) is 14.8. The molecule has 4 nitrogen and oxygen atoms in total. The Morgan fingerprint density at radius 3 is 2.95 bits per heavy atom. The third-order valence-corrected chi connectivity index (χ3v) is 3.48. The van der Waals surface area contributed by atoms with Crippen LogP contribution in [-0.2, 0) is 11.3 Å². The van der Waals surface area contributed by atoms with E-state index in [1.807, 2.05) is 25.0 Å². The molecule has 0 bridgehead atoms. The van der Waals surface area contributed by atoms with Crippen LogP contribution in [0.3, 0.4) is 0 Å². The molecule has 2 aromatic carbocycles. The highest BCUT2D eigenvalue weighted by Gasteiger charge is 2.23. The van der Waals surface area contributed by atoms with Gasteiger partial charge >= 0.3 is 6.92 Å². The van der Waals surface area contributed by atoms with Crippen molar-refractivity contribution in [3.63, 3.8) is 0 Å². The van der Waals surface area contributed by atoms with E-state index in [0.29, 0.717) is 29.4 Å². The highest BCUT2D eigenvalue weighted by Crippen LogP contribution is 2.29. The minimum atomic E-state index is 0.113. The minimum absolute atomic E-state index is 0.113. The SMILES string of the molecule is [C-]#[N+]c1ccc(Oc2ccc3c(c2)COB3C)c(C#N)c1.